The van der Waals surface area contributed by atoms with Crippen LogP contribution >= 0.6 is 11.6 Å². The van der Waals surface area contributed by atoms with E-state index in [1.807, 2.05) is 0 Å². The van der Waals surface area contributed by atoms with E-state index in [4.69, 9.17) is 11.6 Å². The highest BCUT2D eigenvalue weighted by atomic mass is 35.5. The third-order valence-electron chi connectivity index (χ3n) is 3.58. The van der Waals surface area contributed by atoms with E-state index >= 15 is 0 Å². The third-order valence-corrected chi connectivity index (χ3v) is 5.78. The summed E-state index contributed by atoms with van der Waals surface area (Å²) in [6, 6.07) is 4.68. The van der Waals surface area contributed by atoms with Crippen LogP contribution in [0.5, 0.6) is 0 Å². The van der Waals surface area contributed by atoms with Crippen LogP contribution < -0.4 is 0 Å². The quantitative estimate of drug-likeness (QED) is 0.885. The molecule has 0 saturated carbocycles. The van der Waals surface area contributed by atoms with Gasteiger partial charge in [0.25, 0.3) is 0 Å². The minimum Gasteiger partial charge on any atom is -0.345 e. The van der Waals surface area contributed by atoms with Crippen molar-refractivity contribution in [2.45, 2.75) is 17.7 Å². The predicted octanol–water partition coefficient (Wildman–Crippen LogP) is 2.42. The third kappa shape index (κ3) is 2.04. The molecule has 3 rings (SSSR count). The summed E-state index contributed by atoms with van der Waals surface area (Å²) in [6.45, 7) is 1.10. The summed E-state index contributed by atoms with van der Waals surface area (Å²) in [5, 5.41) is 0.760. The number of aldehydes is 1. The second-order valence-corrected chi connectivity index (χ2v) is 7.10. The van der Waals surface area contributed by atoms with E-state index in [1.165, 1.54) is 16.4 Å². The molecule has 1 aliphatic heterocycles. The van der Waals surface area contributed by atoms with Crippen molar-refractivity contribution in [3.8, 4) is 0 Å². The first-order valence-electron chi connectivity index (χ1n) is 6.30. The molecular weight excluding hydrogens is 300 g/mol. The van der Waals surface area contributed by atoms with Crippen LogP contribution in [0.15, 0.2) is 23.1 Å². The standard InChI is InChI=1S/C13H13ClN2O3S/c14-13-11(8-17)10-7-9(3-4-12(10)15-13)20(18,19)16-5-1-2-6-16/h3-4,7-8,15H,1-2,5-6H2. The minimum atomic E-state index is -3.49. The first kappa shape index (κ1) is 13.6. The van der Waals surface area contributed by atoms with E-state index in [-0.39, 0.29) is 10.0 Å². The molecule has 1 aromatic carbocycles. The molecule has 1 aliphatic rings. The van der Waals surface area contributed by atoms with Gasteiger partial charge in [0, 0.05) is 24.0 Å². The van der Waals surface area contributed by atoms with Crippen molar-refractivity contribution in [3.63, 3.8) is 0 Å². The van der Waals surface area contributed by atoms with Gasteiger partial charge in [-0.2, -0.15) is 4.31 Å². The molecule has 0 radical (unpaired) electrons. The van der Waals surface area contributed by atoms with Crippen LogP contribution in [0.4, 0.5) is 0 Å². The smallest absolute Gasteiger partial charge is 0.243 e. The van der Waals surface area contributed by atoms with Crippen LogP contribution in [0.25, 0.3) is 10.9 Å². The largest absolute Gasteiger partial charge is 0.345 e. The highest BCUT2D eigenvalue weighted by Gasteiger charge is 2.27. The molecule has 5 nitrogen and oxygen atoms in total. The molecule has 20 heavy (non-hydrogen) atoms. The zero-order chi connectivity index (χ0) is 14.3. The zero-order valence-corrected chi connectivity index (χ0v) is 12.2. The molecule has 1 N–H and O–H groups in total. The Bertz CT molecular complexity index is 776. The monoisotopic (exact) mass is 312 g/mol. The molecule has 0 aliphatic carbocycles. The summed E-state index contributed by atoms with van der Waals surface area (Å²) in [6.07, 6.45) is 2.40. The number of aromatic amines is 1. The van der Waals surface area contributed by atoms with Crippen molar-refractivity contribution in [2.24, 2.45) is 0 Å². The highest BCUT2D eigenvalue weighted by molar-refractivity contribution is 7.89. The fourth-order valence-electron chi connectivity index (χ4n) is 2.51. The molecule has 0 unspecified atom stereocenters. The Morgan fingerprint density at radius 3 is 2.60 bits per heavy atom. The van der Waals surface area contributed by atoms with Crippen molar-refractivity contribution in [2.75, 3.05) is 13.1 Å². The number of nitrogens with zero attached hydrogens (tertiary/aromatic N) is 1. The average Bonchev–Trinajstić information content (AvgIpc) is 3.04. The van der Waals surface area contributed by atoms with Gasteiger partial charge >= 0.3 is 0 Å². The summed E-state index contributed by atoms with van der Waals surface area (Å²) in [5.74, 6) is 0. The van der Waals surface area contributed by atoms with Gasteiger partial charge in [0.05, 0.1) is 10.5 Å². The van der Waals surface area contributed by atoms with Crippen LogP contribution in [0.1, 0.15) is 23.2 Å². The number of nitrogens with one attached hydrogen (secondary N) is 1. The number of halogens is 1. The molecule has 7 heteroatoms. The maximum atomic E-state index is 12.5. The number of rotatable bonds is 3. The molecule has 1 fully saturated rings. The Morgan fingerprint density at radius 2 is 1.95 bits per heavy atom. The lowest BCUT2D eigenvalue weighted by atomic mass is 10.2. The molecule has 0 amide bonds. The SMILES string of the molecule is O=Cc1c(Cl)[nH]c2ccc(S(=O)(=O)N3CCCC3)cc12. The summed E-state index contributed by atoms with van der Waals surface area (Å²) in [4.78, 5) is 14.1. The normalized spacial score (nSPS) is 16.9. The van der Waals surface area contributed by atoms with E-state index < -0.39 is 10.0 Å². The first-order chi connectivity index (χ1) is 9.54. The van der Waals surface area contributed by atoms with Crippen LogP contribution in [-0.2, 0) is 10.0 Å². The minimum absolute atomic E-state index is 0.200. The van der Waals surface area contributed by atoms with E-state index in [2.05, 4.69) is 4.98 Å². The van der Waals surface area contributed by atoms with Crippen LogP contribution in [-0.4, -0.2) is 37.1 Å². The van der Waals surface area contributed by atoms with E-state index in [0.717, 1.165) is 12.8 Å². The van der Waals surface area contributed by atoms with E-state index in [0.29, 0.717) is 35.8 Å². The van der Waals surface area contributed by atoms with Gasteiger partial charge in [-0.3, -0.25) is 4.79 Å². The second kappa shape index (κ2) is 4.87. The number of hydrogen-bond donors (Lipinski definition) is 1. The second-order valence-electron chi connectivity index (χ2n) is 4.79. The summed E-state index contributed by atoms with van der Waals surface area (Å²) >= 11 is 5.91. The van der Waals surface area contributed by atoms with Gasteiger partial charge in [-0.05, 0) is 31.0 Å². The number of fused-ring (bicyclic) bond motifs is 1. The maximum absolute atomic E-state index is 12.5. The lowest BCUT2D eigenvalue weighted by Gasteiger charge is -2.15. The number of carbonyl (C=O) groups is 1. The highest BCUT2D eigenvalue weighted by Crippen LogP contribution is 2.29. The maximum Gasteiger partial charge on any atom is 0.243 e. The molecule has 0 spiro atoms. The Hall–Kier alpha value is -1.37. The number of carbonyl (C=O) groups excluding carboxylic acids is 1. The van der Waals surface area contributed by atoms with Gasteiger partial charge in [-0.15, -0.1) is 0 Å². The Labute approximate surface area is 121 Å². The molecule has 1 saturated heterocycles. The van der Waals surface area contributed by atoms with E-state index in [9.17, 15) is 13.2 Å². The van der Waals surface area contributed by atoms with Crippen molar-refractivity contribution >= 4 is 38.8 Å². The number of benzene rings is 1. The van der Waals surface area contributed by atoms with Crippen molar-refractivity contribution in [3.05, 3.63) is 28.9 Å². The fourth-order valence-corrected chi connectivity index (χ4v) is 4.30. The molecule has 2 aromatic rings. The number of aromatic nitrogens is 1. The van der Waals surface area contributed by atoms with Gasteiger partial charge in [0.15, 0.2) is 6.29 Å². The molecule has 106 valence electrons. The average molecular weight is 313 g/mol. The molecule has 0 atom stereocenters. The van der Waals surface area contributed by atoms with Crippen molar-refractivity contribution < 1.29 is 13.2 Å². The lowest BCUT2D eigenvalue weighted by Crippen LogP contribution is -2.27. The van der Waals surface area contributed by atoms with Crippen molar-refractivity contribution in [1.29, 1.82) is 0 Å². The topological polar surface area (TPSA) is 70.2 Å². The van der Waals surface area contributed by atoms with Gasteiger partial charge in [0.1, 0.15) is 5.15 Å². The Morgan fingerprint density at radius 1 is 1.25 bits per heavy atom. The summed E-state index contributed by atoms with van der Waals surface area (Å²) in [5.41, 5.74) is 0.942. The van der Waals surface area contributed by atoms with Crippen molar-refractivity contribution in [1.82, 2.24) is 9.29 Å². The van der Waals surface area contributed by atoms with Gasteiger partial charge in [-0.25, -0.2) is 8.42 Å². The number of hydrogen-bond acceptors (Lipinski definition) is 3. The fraction of sp³-hybridized carbons (Fsp3) is 0.308. The molecular formula is C13H13ClN2O3S. The predicted molar refractivity (Wildman–Crippen MR) is 76.7 cm³/mol. The molecule has 0 bridgehead atoms. The Kier molecular flexibility index (Phi) is 3.32. The van der Waals surface area contributed by atoms with Gasteiger partial charge < -0.3 is 4.98 Å². The first-order valence-corrected chi connectivity index (χ1v) is 8.12. The van der Waals surface area contributed by atoms with Crippen LogP contribution in [0.2, 0.25) is 5.15 Å². The molecule has 1 aromatic heterocycles. The summed E-state index contributed by atoms with van der Waals surface area (Å²) < 4.78 is 26.4. The Balaban J connectivity index is 2.15. The van der Waals surface area contributed by atoms with E-state index in [1.54, 1.807) is 6.07 Å². The lowest BCUT2D eigenvalue weighted by molar-refractivity contribution is 0.112. The number of sulfonamides is 1. The van der Waals surface area contributed by atoms with Gasteiger partial charge in [0.2, 0.25) is 10.0 Å². The van der Waals surface area contributed by atoms with Crippen LogP contribution in [0.3, 0.4) is 0 Å². The number of H-pyrrole nitrogens is 1. The summed E-state index contributed by atoms with van der Waals surface area (Å²) in [7, 11) is -3.49. The zero-order valence-electron chi connectivity index (χ0n) is 10.6. The van der Waals surface area contributed by atoms with Gasteiger partial charge in [-0.1, -0.05) is 11.6 Å². The molecule has 2 heterocycles. The van der Waals surface area contributed by atoms with Crippen LogP contribution in [0, 0.1) is 0 Å².